The van der Waals surface area contributed by atoms with E-state index in [-0.39, 0.29) is 5.41 Å². The number of allylic oxidation sites excluding steroid dienone is 2. The van der Waals surface area contributed by atoms with Crippen molar-refractivity contribution in [2.24, 2.45) is 0 Å². The fraction of sp³-hybridized carbons (Fsp3) is 0.333. The van der Waals surface area contributed by atoms with Crippen molar-refractivity contribution in [3.63, 3.8) is 0 Å². The van der Waals surface area contributed by atoms with Crippen molar-refractivity contribution in [3.8, 4) is 0 Å². The fourth-order valence-electron chi connectivity index (χ4n) is 3.67. The van der Waals surface area contributed by atoms with Gasteiger partial charge in [0.1, 0.15) is 0 Å². The van der Waals surface area contributed by atoms with Crippen LogP contribution in [0.4, 0.5) is 5.69 Å². The molecular formula is C18H21NO2. The molecule has 0 aliphatic carbocycles. The minimum Gasteiger partial charge on any atom is -0.364 e. The van der Waals surface area contributed by atoms with Crippen LogP contribution < -0.4 is 4.90 Å². The summed E-state index contributed by atoms with van der Waals surface area (Å²) in [4.78, 5) is 2.24. The van der Waals surface area contributed by atoms with Crippen LogP contribution in [0.1, 0.15) is 38.2 Å². The van der Waals surface area contributed by atoms with Gasteiger partial charge >= 0.3 is 0 Å². The minimum atomic E-state index is -1.43. The van der Waals surface area contributed by atoms with Gasteiger partial charge in [-0.3, -0.25) is 0 Å². The predicted octanol–water partition coefficient (Wildman–Crippen LogP) is 3.45. The lowest BCUT2D eigenvalue weighted by atomic mass is 9.81. The molecule has 110 valence electrons. The number of aliphatic hydroxyl groups is 2. The number of benzene rings is 2. The Morgan fingerprint density at radius 1 is 1.14 bits per heavy atom. The molecule has 0 radical (unpaired) electrons. The molecule has 0 bridgehead atoms. The summed E-state index contributed by atoms with van der Waals surface area (Å²) in [6.07, 6.45) is 0.738. The van der Waals surface area contributed by atoms with Crippen LogP contribution in [0.25, 0.3) is 10.8 Å². The molecule has 3 nitrogen and oxygen atoms in total. The molecule has 3 rings (SSSR count). The highest BCUT2D eigenvalue weighted by molar-refractivity contribution is 5.95. The molecule has 0 saturated heterocycles. The molecule has 1 aliphatic heterocycles. The third kappa shape index (κ3) is 1.88. The van der Waals surface area contributed by atoms with Crippen molar-refractivity contribution in [2.75, 3.05) is 11.9 Å². The Morgan fingerprint density at radius 3 is 2.48 bits per heavy atom. The van der Waals surface area contributed by atoms with E-state index in [2.05, 4.69) is 44.9 Å². The van der Waals surface area contributed by atoms with E-state index in [0.29, 0.717) is 5.56 Å². The Balaban J connectivity index is 2.33. The number of hydrogen-bond donors (Lipinski definition) is 2. The van der Waals surface area contributed by atoms with Gasteiger partial charge in [0.05, 0.1) is 0 Å². The summed E-state index contributed by atoms with van der Waals surface area (Å²) in [5.41, 5.74) is 4.28. The van der Waals surface area contributed by atoms with Gasteiger partial charge in [0.15, 0.2) is 6.29 Å². The summed E-state index contributed by atoms with van der Waals surface area (Å²) in [5.74, 6) is 0. The Hall–Kier alpha value is -1.84. The number of rotatable bonds is 1. The normalized spacial score (nSPS) is 18.8. The Kier molecular flexibility index (Phi) is 3.08. The van der Waals surface area contributed by atoms with Crippen LogP contribution in [0.15, 0.2) is 42.1 Å². The van der Waals surface area contributed by atoms with Crippen LogP contribution in [-0.4, -0.2) is 17.3 Å². The molecule has 0 atom stereocenters. The smallest absolute Gasteiger partial charge is 0.178 e. The molecule has 0 aromatic heterocycles. The maximum absolute atomic E-state index is 9.34. The molecule has 0 spiro atoms. The van der Waals surface area contributed by atoms with Gasteiger partial charge in [-0.25, -0.2) is 0 Å². The number of aliphatic hydroxyl groups excluding tert-OH is 1. The van der Waals surface area contributed by atoms with Crippen molar-refractivity contribution in [2.45, 2.75) is 32.5 Å². The van der Waals surface area contributed by atoms with Crippen LogP contribution in [0.5, 0.6) is 0 Å². The third-order valence-corrected chi connectivity index (χ3v) is 4.58. The SMILES string of the molecule is C/C=C1/N(C)c2ccc3cc(C(O)O)ccc3c2C1(C)C. The summed E-state index contributed by atoms with van der Waals surface area (Å²) in [6, 6.07) is 9.80. The lowest BCUT2D eigenvalue weighted by molar-refractivity contribution is -0.0423. The first-order chi connectivity index (χ1) is 9.87. The second-order valence-corrected chi connectivity index (χ2v) is 6.17. The monoisotopic (exact) mass is 283 g/mol. The summed E-state index contributed by atoms with van der Waals surface area (Å²) in [5, 5.41) is 20.9. The molecule has 2 aromatic carbocycles. The molecule has 2 aromatic rings. The van der Waals surface area contributed by atoms with Crippen molar-refractivity contribution in [1.29, 1.82) is 0 Å². The van der Waals surface area contributed by atoms with Crippen LogP contribution in [0, 0.1) is 0 Å². The molecular weight excluding hydrogens is 262 g/mol. The molecule has 0 saturated carbocycles. The number of fused-ring (bicyclic) bond motifs is 3. The molecule has 0 unspecified atom stereocenters. The molecule has 1 heterocycles. The second kappa shape index (κ2) is 4.58. The van der Waals surface area contributed by atoms with E-state index in [9.17, 15) is 10.2 Å². The summed E-state index contributed by atoms with van der Waals surface area (Å²) >= 11 is 0. The lowest BCUT2D eigenvalue weighted by Gasteiger charge is -2.24. The minimum absolute atomic E-state index is 0.0578. The quantitative estimate of drug-likeness (QED) is 0.788. The van der Waals surface area contributed by atoms with Crippen molar-refractivity contribution < 1.29 is 10.2 Å². The maximum Gasteiger partial charge on any atom is 0.178 e. The van der Waals surface area contributed by atoms with E-state index in [0.717, 1.165) is 5.39 Å². The largest absolute Gasteiger partial charge is 0.364 e. The Bertz CT molecular complexity index is 744. The van der Waals surface area contributed by atoms with E-state index < -0.39 is 6.29 Å². The van der Waals surface area contributed by atoms with E-state index in [1.54, 1.807) is 6.07 Å². The van der Waals surface area contributed by atoms with Crippen molar-refractivity contribution in [3.05, 3.63) is 53.2 Å². The van der Waals surface area contributed by atoms with Crippen LogP contribution in [-0.2, 0) is 5.41 Å². The average molecular weight is 283 g/mol. The molecule has 3 heteroatoms. The first-order valence-corrected chi connectivity index (χ1v) is 7.21. The molecule has 0 fully saturated rings. The van der Waals surface area contributed by atoms with Gasteiger partial charge in [-0.2, -0.15) is 0 Å². The number of nitrogens with zero attached hydrogens (tertiary/aromatic N) is 1. The van der Waals surface area contributed by atoms with Crippen molar-refractivity contribution in [1.82, 2.24) is 0 Å². The van der Waals surface area contributed by atoms with Gasteiger partial charge in [0.25, 0.3) is 0 Å². The molecule has 1 aliphatic rings. The van der Waals surface area contributed by atoms with Gasteiger partial charge < -0.3 is 15.1 Å². The number of hydrogen-bond acceptors (Lipinski definition) is 3. The van der Waals surface area contributed by atoms with E-state index in [1.165, 1.54) is 22.3 Å². The third-order valence-electron chi connectivity index (χ3n) is 4.58. The average Bonchev–Trinajstić information content (AvgIpc) is 2.64. The maximum atomic E-state index is 9.34. The fourth-order valence-corrected chi connectivity index (χ4v) is 3.67. The number of anilines is 1. The van der Waals surface area contributed by atoms with E-state index >= 15 is 0 Å². The highest BCUT2D eigenvalue weighted by Gasteiger charge is 2.39. The first kappa shape index (κ1) is 14.1. The summed E-state index contributed by atoms with van der Waals surface area (Å²) < 4.78 is 0. The number of likely N-dealkylation sites (N-methyl/N-ethyl adjacent to an activating group) is 1. The van der Waals surface area contributed by atoms with E-state index in [1.807, 2.05) is 18.2 Å². The zero-order valence-electron chi connectivity index (χ0n) is 12.9. The van der Waals surface area contributed by atoms with Crippen LogP contribution in [0.3, 0.4) is 0 Å². The highest BCUT2D eigenvalue weighted by atomic mass is 16.5. The van der Waals surface area contributed by atoms with Gasteiger partial charge in [0.2, 0.25) is 0 Å². The second-order valence-electron chi connectivity index (χ2n) is 6.17. The first-order valence-electron chi connectivity index (χ1n) is 7.21. The highest BCUT2D eigenvalue weighted by Crippen LogP contribution is 2.49. The zero-order chi connectivity index (χ0) is 15.4. The molecule has 0 amide bonds. The van der Waals surface area contributed by atoms with Gasteiger partial charge in [-0.05, 0) is 35.4 Å². The van der Waals surface area contributed by atoms with Crippen LogP contribution in [0.2, 0.25) is 0 Å². The predicted molar refractivity (Wildman–Crippen MR) is 86.3 cm³/mol. The summed E-state index contributed by atoms with van der Waals surface area (Å²) in [6.45, 7) is 6.54. The van der Waals surface area contributed by atoms with Crippen molar-refractivity contribution >= 4 is 16.5 Å². The van der Waals surface area contributed by atoms with Crippen LogP contribution >= 0.6 is 0 Å². The van der Waals surface area contributed by atoms with Gasteiger partial charge in [-0.1, -0.05) is 38.1 Å². The molecule has 2 N–H and O–H groups in total. The van der Waals surface area contributed by atoms with Gasteiger partial charge in [0, 0.05) is 29.4 Å². The van der Waals surface area contributed by atoms with Gasteiger partial charge in [-0.15, -0.1) is 0 Å². The Morgan fingerprint density at radius 2 is 1.86 bits per heavy atom. The Labute approximate surface area is 125 Å². The van der Waals surface area contributed by atoms with E-state index in [4.69, 9.17) is 0 Å². The zero-order valence-corrected chi connectivity index (χ0v) is 12.9. The lowest BCUT2D eigenvalue weighted by Crippen LogP contribution is -2.22. The summed E-state index contributed by atoms with van der Waals surface area (Å²) in [7, 11) is 2.10. The topological polar surface area (TPSA) is 43.7 Å². The molecule has 21 heavy (non-hydrogen) atoms. The standard InChI is InChI=1S/C18H21NO2/c1-5-15-18(2,3)16-13-8-6-12(17(20)21)10-11(13)7-9-14(16)19(15)4/h5-10,17,20-21H,1-4H3/b15-5+.